The zero-order chi connectivity index (χ0) is 57.2. The molecule has 11 rings (SSSR count). The Balaban J connectivity index is 0.895. The van der Waals surface area contributed by atoms with Crippen LogP contribution in [0.1, 0.15) is 121 Å². The molecule has 3 amide bonds. The Morgan fingerprint density at radius 3 is 2.44 bits per heavy atom. The van der Waals surface area contributed by atoms with Gasteiger partial charge in [0.05, 0.1) is 47.5 Å². The first kappa shape index (κ1) is 57.1. The normalized spacial score (nSPS) is 26.3. The van der Waals surface area contributed by atoms with Crippen molar-refractivity contribution in [1.29, 1.82) is 0 Å². The zero-order valence-corrected chi connectivity index (χ0v) is 48.8. The fraction of sp³-hybridized carbons (Fsp3) is 0.540. The summed E-state index contributed by atoms with van der Waals surface area (Å²) in [7, 11) is 1.66. The lowest BCUT2D eigenvalue weighted by Gasteiger charge is -2.37. The molecule has 6 aliphatic rings. The van der Waals surface area contributed by atoms with E-state index >= 15 is 18.4 Å². The van der Waals surface area contributed by atoms with E-state index in [-0.39, 0.29) is 60.4 Å². The molecule has 1 saturated carbocycles. The predicted octanol–water partition coefficient (Wildman–Crippen LogP) is 9.13. The van der Waals surface area contributed by atoms with Gasteiger partial charge in [-0.25, -0.2) is 14.2 Å². The number of hydrazine groups is 1. The van der Waals surface area contributed by atoms with E-state index in [1.807, 2.05) is 91.5 Å². The second-order valence-corrected chi connectivity index (χ2v) is 26.4. The monoisotopic (exact) mass is 1130 g/mol. The molecule has 432 valence electrons. The molecule has 2 N–H and O–H groups in total. The Labute approximate surface area is 477 Å². The third-order valence-corrected chi connectivity index (χ3v) is 19.6. The van der Waals surface area contributed by atoms with Gasteiger partial charge in [-0.05, 0) is 149 Å². The number of likely N-dealkylation sites (tertiary alicyclic amines) is 2. The fourth-order valence-corrected chi connectivity index (χ4v) is 15.1. The first-order valence-corrected chi connectivity index (χ1v) is 30.3. The molecule has 15 nitrogen and oxygen atoms in total. The van der Waals surface area contributed by atoms with E-state index in [9.17, 15) is 14.1 Å². The number of fused-ring (bicyclic) bond motifs is 6. The Bertz CT molecular complexity index is 3200. The summed E-state index contributed by atoms with van der Waals surface area (Å²) in [6.45, 7) is 17.4. The molecule has 0 radical (unpaired) electrons. The number of nitrogens with zero attached hydrogens (tertiary/aromatic N) is 6. The second-order valence-electron chi connectivity index (χ2n) is 25.0. The van der Waals surface area contributed by atoms with Crippen molar-refractivity contribution >= 4 is 46.0 Å². The quantitative estimate of drug-likeness (QED) is 0.0657. The lowest BCUT2D eigenvalue weighted by Crippen LogP contribution is -2.62. The number of carbonyl (C=O) groups is 4. The number of esters is 1. The van der Waals surface area contributed by atoms with Crippen molar-refractivity contribution in [3.8, 4) is 22.4 Å². The predicted molar refractivity (Wildman–Crippen MR) is 307 cm³/mol. The number of cyclic esters (lactones) is 1. The molecule has 5 fully saturated rings. The SMILES string of the molecule is CCn1c(-c2cccnc2[C@H](C)OC)c2c3cc(ccc31)-c1cc(cc(C(F)F)c1)C[C@H](NC(=O)[C@H](C(C)C)N1CC[C@]3(CCN(C(=O)[C@H]4[C@@H](C5CC5)N4[S+]([O-])c4ccc(C)cc4)C3)C1)C(=O)N1CCC[C@H](N1)C(=O)OCC(C)(C)C2. The molecule has 2 unspecified atom stereocenters. The number of ether oxygens (including phenoxy) is 2. The zero-order valence-electron chi connectivity index (χ0n) is 48.0. The van der Waals surface area contributed by atoms with Crippen LogP contribution in [0.15, 0.2) is 83.9 Å². The van der Waals surface area contributed by atoms with Gasteiger partial charge in [0, 0.05) is 85.3 Å². The summed E-state index contributed by atoms with van der Waals surface area (Å²) in [6, 6.07) is 19.3. The third-order valence-electron chi connectivity index (χ3n) is 18.1. The molecule has 7 heterocycles. The van der Waals surface area contributed by atoms with Crippen molar-refractivity contribution in [2.75, 3.05) is 46.4 Å². The Kier molecular flexibility index (Phi) is 16.0. The van der Waals surface area contributed by atoms with Crippen LogP contribution in [-0.2, 0) is 59.4 Å². The Hall–Kier alpha value is -5.76. The van der Waals surface area contributed by atoms with Gasteiger partial charge in [-0.1, -0.05) is 63.6 Å². The van der Waals surface area contributed by atoms with Crippen LogP contribution in [0.5, 0.6) is 0 Å². The van der Waals surface area contributed by atoms with Crippen molar-refractivity contribution < 1.29 is 42.0 Å². The van der Waals surface area contributed by atoms with Crippen molar-refractivity contribution in [3.63, 3.8) is 0 Å². The maximum absolute atomic E-state index is 15.2. The van der Waals surface area contributed by atoms with Gasteiger partial charge >= 0.3 is 5.97 Å². The highest BCUT2D eigenvalue weighted by Crippen LogP contribution is 2.52. The number of alkyl halides is 2. The Morgan fingerprint density at radius 2 is 1.73 bits per heavy atom. The van der Waals surface area contributed by atoms with Gasteiger partial charge in [0.2, 0.25) is 11.8 Å². The molecule has 81 heavy (non-hydrogen) atoms. The van der Waals surface area contributed by atoms with Crippen molar-refractivity contribution in [3.05, 3.63) is 107 Å². The standard InChI is InChI=1S/C63H78F2N8O7S/c1-9-71-51-21-18-42-32-47(51)48(55(71)46-12-10-24-66-52(46)39(5)79-8)33-62(6,7)36-80-61(77)49-13-11-25-72(68-49)59(75)50(30-40-28-43(42)31-44(29-40)57(64)65)67-58(74)53(37(2)3)69-26-22-63(34-69)23-27-70(35-63)60(76)56-54(41-16-17-41)73(56)81(78)45-19-14-38(4)15-20-45/h10,12,14-15,18-21,24,28-29,31-32,37,39,41,49-50,53-54,56-57,68H,9,11,13,16-17,22-23,25-27,30,33-36H2,1-8H3,(H,67,74)/t39-,49-,50-,53-,54+,56+,63-,73?,81?/m0/s1. The molecular weight excluding hydrogens is 1050 g/mol. The average molecular weight is 1130 g/mol. The van der Waals surface area contributed by atoms with Crippen LogP contribution >= 0.6 is 0 Å². The third kappa shape index (κ3) is 11.4. The Morgan fingerprint density at radius 1 is 0.963 bits per heavy atom. The number of hydrogen-bond acceptors (Lipinski definition) is 11. The number of carbonyl (C=O) groups excluding carboxylic acids is 4. The van der Waals surface area contributed by atoms with Gasteiger partial charge in [0.25, 0.3) is 12.3 Å². The topological polar surface area (TPSA) is 164 Å². The number of halogens is 2. The van der Waals surface area contributed by atoms with Crippen LogP contribution in [-0.4, -0.2) is 134 Å². The van der Waals surface area contributed by atoms with E-state index < -0.39 is 59.2 Å². The molecule has 4 saturated heterocycles. The molecule has 5 aliphatic heterocycles. The number of aromatic nitrogens is 2. The van der Waals surface area contributed by atoms with Crippen LogP contribution in [0.4, 0.5) is 8.78 Å². The summed E-state index contributed by atoms with van der Waals surface area (Å²) < 4.78 is 60.5. The highest BCUT2D eigenvalue weighted by molar-refractivity contribution is 7.89. The highest BCUT2D eigenvalue weighted by atomic mass is 32.2. The molecule has 2 aromatic heterocycles. The van der Waals surface area contributed by atoms with E-state index in [4.69, 9.17) is 14.5 Å². The summed E-state index contributed by atoms with van der Waals surface area (Å²) in [5.74, 6) is -1.14. The molecule has 6 bridgehead atoms. The lowest BCUT2D eigenvalue weighted by molar-refractivity contribution is -0.155. The van der Waals surface area contributed by atoms with Gasteiger partial charge < -0.3 is 28.8 Å². The molecule has 1 aliphatic carbocycles. The van der Waals surface area contributed by atoms with Gasteiger partial charge in [-0.3, -0.25) is 34.1 Å². The van der Waals surface area contributed by atoms with E-state index in [1.165, 1.54) is 17.1 Å². The van der Waals surface area contributed by atoms with Crippen LogP contribution in [0.2, 0.25) is 0 Å². The minimum absolute atomic E-state index is 0.0255. The minimum Gasteiger partial charge on any atom is -0.593 e. The smallest absolute Gasteiger partial charge is 0.324 e. The molecule has 9 atom stereocenters. The van der Waals surface area contributed by atoms with Crippen LogP contribution in [0.25, 0.3) is 33.3 Å². The number of pyridine rings is 1. The molecule has 5 aromatic rings. The number of aryl methyl sites for hydroxylation is 2. The fourth-order valence-electron chi connectivity index (χ4n) is 13.6. The molecule has 18 heteroatoms. The molecule has 3 aromatic carbocycles. The maximum atomic E-state index is 15.2. The first-order chi connectivity index (χ1) is 38.8. The molecule has 1 spiro atoms. The summed E-state index contributed by atoms with van der Waals surface area (Å²) in [5.41, 5.74) is 9.43. The summed E-state index contributed by atoms with van der Waals surface area (Å²) in [5, 5.41) is 5.46. The number of benzene rings is 3. The second kappa shape index (κ2) is 22.8. The first-order valence-electron chi connectivity index (χ1n) is 29.2. The van der Waals surface area contributed by atoms with Crippen molar-refractivity contribution in [2.45, 2.75) is 154 Å². The lowest BCUT2D eigenvalue weighted by atomic mass is 9.84. The largest absolute Gasteiger partial charge is 0.593 e. The maximum Gasteiger partial charge on any atom is 0.324 e. The minimum atomic E-state index is -2.83. The van der Waals surface area contributed by atoms with E-state index in [2.05, 4.69) is 47.0 Å². The number of rotatable bonds is 13. The molecular formula is C63H78F2N8O7S. The van der Waals surface area contributed by atoms with Crippen molar-refractivity contribution in [1.82, 2.24) is 39.4 Å². The van der Waals surface area contributed by atoms with Crippen LogP contribution < -0.4 is 10.7 Å². The summed E-state index contributed by atoms with van der Waals surface area (Å²) >= 11 is -1.44. The van der Waals surface area contributed by atoms with E-state index in [1.54, 1.807) is 13.3 Å². The van der Waals surface area contributed by atoms with Crippen LogP contribution in [0.3, 0.4) is 0 Å². The number of methoxy groups -OCH3 is 1. The van der Waals surface area contributed by atoms with Gasteiger partial charge in [0.15, 0.2) is 10.9 Å². The van der Waals surface area contributed by atoms with Gasteiger partial charge in [-0.15, -0.1) is 4.31 Å². The highest BCUT2D eigenvalue weighted by Gasteiger charge is 2.67. The van der Waals surface area contributed by atoms with Crippen LogP contribution in [0, 0.1) is 29.6 Å². The number of hydrogen-bond donors (Lipinski definition) is 2. The number of nitrogens with one attached hydrogen (secondary N) is 2. The average Bonchev–Trinajstić information content (AvgIpc) is 4.52. The van der Waals surface area contributed by atoms with Gasteiger partial charge in [-0.2, -0.15) is 0 Å². The number of amides is 3. The van der Waals surface area contributed by atoms with E-state index in [0.717, 1.165) is 64.7 Å². The van der Waals surface area contributed by atoms with E-state index in [0.29, 0.717) is 79.5 Å². The summed E-state index contributed by atoms with van der Waals surface area (Å²) in [4.78, 5) is 68.4. The van der Waals surface area contributed by atoms with Crippen molar-refractivity contribution in [2.24, 2.45) is 22.7 Å². The summed E-state index contributed by atoms with van der Waals surface area (Å²) in [6.07, 6.45) is 3.49. The van der Waals surface area contributed by atoms with Gasteiger partial charge in [0.1, 0.15) is 12.1 Å².